The van der Waals surface area contributed by atoms with Gasteiger partial charge >= 0.3 is 0 Å². The van der Waals surface area contributed by atoms with E-state index in [0.29, 0.717) is 11.3 Å². The lowest BCUT2D eigenvalue weighted by atomic mass is 10.2. The molecule has 0 atom stereocenters. The molecule has 58 valence electrons. The summed E-state index contributed by atoms with van der Waals surface area (Å²) in [6.45, 7) is 1.65. The van der Waals surface area contributed by atoms with E-state index in [0.717, 1.165) is 0 Å². The molecule has 0 aromatic carbocycles. The van der Waals surface area contributed by atoms with Gasteiger partial charge in [-0.25, -0.2) is 0 Å². The molecule has 0 aliphatic rings. The number of hydrogen-bond donors (Lipinski definition) is 2. The van der Waals surface area contributed by atoms with Crippen LogP contribution in [-0.4, -0.2) is 15.2 Å². The first-order chi connectivity index (χ1) is 5.11. The lowest BCUT2D eigenvalue weighted by molar-refractivity contribution is 0.109. The Kier molecular flexibility index (Phi) is 2.14. The molecule has 11 heavy (non-hydrogen) atoms. The molecule has 1 heterocycles. The number of thiol groups is 1. The largest absolute Gasteiger partial charge is 0.506 e. The van der Waals surface area contributed by atoms with Gasteiger partial charge in [-0.3, -0.25) is 9.78 Å². The summed E-state index contributed by atoms with van der Waals surface area (Å²) in [7, 11) is 0. The fraction of sp³-hybridized carbons (Fsp3) is 0.143. The molecular weight excluding hydrogens is 162 g/mol. The number of aryl methyl sites for hydroxylation is 1. The summed E-state index contributed by atoms with van der Waals surface area (Å²) in [5.41, 5.74) is 0.805. The standard InChI is InChI=1S/C7H7NO2S/c1-4-6(9)2-5(3-8-4)7(10)11/h2-3,9H,1H3,(H,10,11). The summed E-state index contributed by atoms with van der Waals surface area (Å²) in [6.07, 6.45) is 1.38. The zero-order chi connectivity index (χ0) is 8.43. The predicted molar refractivity (Wildman–Crippen MR) is 44.0 cm³/mol. The summed E-state index contributed by atoms with van der Waals surface area (Å²) >= 11 is 3.58. The first kappa shape index (κ1) is 8.07. The Hall–Kier alpha value is -1.03. The van der Waals surface area contributed by atoms with Crippen molar-refractivity contribution < 1.29 is 9.90 Å². The van der Waals surface area contributed by atoms with Crippen LogP contribution in [0.5, 0.6) is 5.75 Å². The van der Waals surface area contributed by atoms with Crippen molar-refractivity contribution in [2.24, 2.45) is 0 Å². The van der Waals surface area contributed by atoms with Crippen LogP contribution in [0.25, 0.3) is 0 Å². The first-order valence-electron chi connectivity index (χ1n) is 3.00. The van der Waals surface area contributed by atoms with Gasteiger partial charge in [-0.1, -0.05) is 0 Å². The van der Waals surface area contributed by atoms with Gasteiger partial charge in [0.05, 0.1) is 11.3 Å². The Morgan fingerprint density at radius 3 is 2.82 bits per heavy atom. The smallest absolute Gasteiger partial charge is 0.218 e. The van der Waals surface area contributed by atoms with E-state index in [9.17, 15) is 4.79 Å². The van der Waals surface area contributed by atoms with E-state index >= 15 is 0 Å². The SMILES string of the molecule is Cc1ncc(C(=O)S)cc1O. The van der Waals surface area contributed by atoms with Crippen molar-refractivity contribution in [1.29, 1.82) is 0 Å². The Balaban J connectivity index is 3.15. The maximum absolute atomic E-state index is 10.6. The van der Waals surface area contributed by atoms with Crippen molar-refractivity contribution in [3.05, 3.63) is 23.5 Å². The first-order valence-corrected chi connectivity index (χ1v) is 3.45. The molecule has 0 aliphatic heterocycles. The van der Waals surface area contributed by atoms with E-state index in [1.165, 1.54) is 12.3 Å². The van der Waals surface area contributed by atoms with Gasteiger partial charge in [-0.15, -0.1) is 12.6 Å². The fourth-order valence-electron chi connectivity index (χ4n) is 0.638. The number of nitrogens with zero attached hydrogens (tertiary/aromatic N) is 1. The van der Waals surface area contributed by atoms with E-state index in [2.05, 4.69) is 17.6 Å². The van der Waals surface area contributed by atoms with Crippen LogP contribution in [0.15, 0.2) is 12.3 Å². The molecule has 4 heteroatoms. The highest BCUT2D eigenvalue weighted by Gasteiger charge is 2.03. The van der Waals surface area contributed by atoms with Crippen molar-refractivity contribution in [1.82, 2.24) is 4.98 Å². The Labute approximate surface area is 69.5 Å². The van der Waals surface area contributed by atoms with Crippen LogP contribution in [0.1, 0.15) is 16.1 Å². The van der Waals surface area contributed by atoms with Crippen LogP contribution in [0.3, 0.4) is 0 Å². The van der Waals surface area contributed by atoms with E-state index < -0.39 is 5.12 Å². The van der Waals surface area contributed by atoms with E-state index in [4.69, 9.17) is 5.11 Å². The lowest BCUT2D eigenvalue weighted by Crippen LogP contribution is -1.91. The van der Waals surface area contributed by atoms with Gasteiger partial charge in [-0.2, -0.15) is 0 Å². The third-order valence-electron chi connectivity index (χ3n) is 1.31. The number of aromatic hydroxyl groups is 1. The van der Waals surface area contributed by atoms with Gasteiger partial charge in [0.15, 0.2) is 0 Å². The molecule has 0 radical (unpaired) electrons. The number of pyridine rings is 1. The van der Waals surface area contributed by atoms with Gasteiger partial charge in [0.1, 0.15) is 5.75 Å². The minimum Gasteiger partial charge on any atom is -0.506 e. The Bertz CT molecular complexity index is 298. The van der Waals surface area contributed by atoms with Crippen LogP contribution in [-0.2, 0) is 0 Å². The number of carbonyl (C=O) groups excluding carboxylic acids is 1. The number of carbonyl (C=O) groups is 1. The monoisotopic (exact) mass is 169 g/mol. The zero-order valence-electron chi connectivity index (χ0n) is 5.90. The van der Waals surface area contributed by atoms with Crippen LogP contribution >= 0.6 is 12.6 Å². The molecule has 0 aliphatic carbocycles. The quantitative estimate of drug-likeness (QED) is 0.620. The fourth-order valence-corrected chi connectivity index (χ4v) is 0.761. The molecule has 0 spiro atoms. The molecule has 1 aromatic rings. The molecule has 1 rings (SSSR count). The maximum Gasteiger partial charge on any atom is 0.218 e. The number of hydrogen-bond acceptors (Lipinski definition) is 3. The third kappa shape index (κ3) is 1.71. The molecule has 0 bridgehead atoms. The third-order valence-corrected chi connectivity index (χ3v) is 1.57. The second-order valence-electron chi connectivity index (χ2n) is 2.13. The average molecular weight is 169 g/mol. The average Bonchev–Trinajstić information content (AvgIpc) is 1.94. The van der Waals surface area contributed by atoms with Gasteiger partial charge in [0.25, 0.3) is 0 Å². The van der Waals surface area contributed by atoms with Crippen molar-refractivity contribution in [2.75, 3.05) is 0 Å². The van der Waals surface area contributed by atoms with Gasteiger partial charge in [0.2, 0.25) is 5.12 Å². The summed E-state index contributed by atoms with van der Waals surface area (Å²) in [6, 6.07) is 1.34. The highest BCUT2D eigenvalue weighted by atomic mass is 32.1. The highest BCUT2D eigenvalue weighted by molar-refractivity contribution is 7.97. The minimum absolute atomic E-state index is 0.0184. The van der Waals surface area contributed by atoms with Gasteiger partial charge in [0, 0.05) is 6.20 Å². The molecule has 3 nitrogen and oxygen atoms in total. The molecule has 0 amide bonds. The molecule has 0 fully saturated rings. The van der Waals surface area contributed by atoms with Crippen molar-refractivity contribution in [3.63, 3.8) is 0 Å². The zero-order valence-corrected chi connectivity index (χ0v) is 6.80. The second-order valence-corrected chi connectivity index (χ2v) is 2.54. The van der Waals surface area contributed by atoms with E-state index in [1.807, 2.05) is 0 Å². The molecule has 1 N–H and O–H groups in total. The molecule has 0 unspecified atom stereocenters. The normalized spacial score (nSPS) is 9.64. The van der Waals surface area contributed by atoms with Crippen LogP contribution < -0.4 is 0 Å². The van der Waals surface area contributed by atoms with Gasteiger partial charge in [-0.05, 0) is 13.0 Å². The highest BCUT2D eigenvalue weighted by Crippen LogP contribution is 2.15. The minimum atomic E-state index is -0.396. The van der Waals surface area contributed by atoms with Crippen LogP contribution in [0, 0.1) is 6.92 Å². The number of aromatic nitrogens is 1. The molecule has 0 saturated carbocycles. The Morgan fingerprint density at radius 1 is 1.73 bits per heavy atom. The summed E-state index contributed by atoms with van der Waals surface area (Å²) in [4.78, 5) is 14.4. The van der Waals surface area contributed by atoms with Crippen molar-refractivity contribution in [3.8, 4) is 5.75 Å². The summed E-state index contributed by atoms with van der Waals surface area (Å²) in [5, 5.41) is 8.70. The predicted octanol–water partition coefficient (Wildman–Crippen LogP) is 1.17. The van der Waals surface area contributed by atoms with Crippen molar-refractivity contribution in [2.45, 2.75) is 6.92 Å². The molecular formula is C7H7NO2S. The molecule has 0 saturated heterocycles. The maximum atomic E-state index is 10.6. The number of rotatable bonds is 1. The lowest BCUT2D eigenvalue weighted by Gasteiger charge is -1.97. The topological polar surface area (TPSA) is 50.2 Å². The van der Waals surface area contributed by atoms with E-state index in [1.54, 1.807) is 6.92 Å². The molecule has 1 aromatic heterocycles. The second kappa shape index (κ2) is 2.92. The summed E-state index contributed by atoms with van der Waals surface area (Å²) < 4.78 is 0. The van der Waals surface area contributed by atoms with Crippen LogP contribution in [0.2, 0.25) is 0 Å². The van der Waals surface area contributed by atoms with Crippen molar-refractivity contribution >= 4 is 17.7 Å². The van der Waals surface area contributed by atoms with E-state index in [-0.39, 0.29) is 5.75 Å². The summed E-state index contributed by atoms with van der Waals surface area (Å²) in [5.74, 6) is 0.0184. The van der Waals surface area contributed by atoms with Crippen LogP contribution in [0.4, 0.5) is 0 Å². The van der Waals surface area contributed by atoms with Gasteiger partial charge < -0.3 is 5.11 Å². The Morgan fingerprint density at radius 2 is 2.36 bits per heavy atom.